The molecule has 1 fully saturated rings. The van der Waals surface area contributed by atoms with Crippen LogP contribution in [0.3, 0.4) is 0 Å². The molecule has 1 saturated heterocycles. The number of anilines is 1. The quantitative estimate of drug-likeness (QED) is 0.455. The molecule has 1 atom stereocenters. The number of aromatic nitrogens is 6. The molecule has 4 heterocycles. The molecule has 0 radical (unpaired) electrons. The Kier molecular flexibility index (Phi) is 4.56. The smallest absolute Gasteiger partial charge is 0.354 e. The van der Waals surface area contributed by atoms with Crippen molar-refractivity contribution in [1.29, 1.82) is 0 Å². The summed E-state index contributed by atoms with van der Waals surface area (Å²) in [7, 11) is 0. The van der Waals surface area contributed by atoms with Gasteiger partial charge >= 0.3 is 6.18 Å². The molecule has 0 spiro atoms. The van der Waals surface area contributed by atoms with Crippen LogP contribution in [0.25, 0.3) is 17.0 Å². The summed E-state index contributed by atoms with van der Waals surface area (Å²) in [6.45, 7) is 1.05. The zero-order valence-electron chi connectivity index (χ0n) is 15.9. The Labute approximate surface area is 172 Å². The van der Waals surface area contributed by atoms with Gasteiger partial charge in [-0.3, -0.25) is 0 Å². The molecule has 31 heavy (non-hydrogen) atoms. The second-order valence-corrected chi connectivity index (χ2v) is 7.23. The fourth-order valence-corrected chi connectivity index (χ4v) is 3.66. The minimum absolute atomic E-state index is 0.0151. The summed E-state index contributed by atoms with van der Waals surface area (Å²) in [4.78, 5) is 6.26. The number of rotatable bonds is 3. The molecule has 1 aliphatic rings. The van der Waals surface area contributed by atoms with E-state index in [0.717, 1.165) is 12.8 Å². The molecule has 0 saturated carbocycles. The molecule has 1 aliphatic heterocycles. The fourth-order valence-electron chi connectivity index (χ4n) is 3.66. The first-order valence-electron chi connectivity index (χ1n) is 9.52. The van der Waals surface area contributed by atoms with Gasteiger partial charge in [0.15, 0.2) is 5.65 Å². The van der Waals surface area contributed by atoms with Gasteiger partial charge in [-0.05, 0) is 37.1 Å². The third-order valence-corrected chi connectivity index (χ3v) is 5.12. The SMILES string of the molecule is Fc1cccc(-c2noc([C@H]3CCCN(c4ccc5nnc(C(F)(F)F)n5n4)C3)n2)c1. The van der Waals surface area contributed by atoms with E-state index in [9.17, 15) is 17.6 Å². The van der Waals surface area contributed by atoms with E-state index in [2.05, 4.69) is 25.4 Å². The molecule has 12 heteroatoms. The van der Waals surface area contributed by atoms with Gasteiger partial charge in [0.05, 0.1) is 5.92 Å². The van der Waals surface area contributed by atoms with E-state index < -0.39 is 17.8 Å². The van der Waals surface area contributed by atoms with E-state index in [1.54, 1.807) is 18.2 Å². The van der Waals surface area contributed by atoms with Gasteiger partial charge in [-0.25, -0.2) is 4.39 Å². The van der Waals surface area contributed by atoms with Crippen LogP contribution in [0.2, 0.25) is 0 Å². The van der Waals surface area contributed by atoms with E-state index in [1.165, 1.54) is 18.2 Å². The van der Waals surface area contributed by atoms with Crippen LogP contribution in [-0.2, 0) is 6.18 Å². The number of benzene rings is 1. The van der Waals surface area contributed by atoms with Gasteiger partial charge in [0.2, 0.25) is 11.7 Å². The van der Waals surface area contributed by atoms with E-state index in [-0.39, 0.29) is 17.4 Å². The van der Waals surface area contributed by atoms with Crippen molar-refractivity contribution in [3.8, 4) is 11.4 Å². The lowest BCUT2D eigenvalue weighted by Crippen LogP contribution is -2.35. The van der Waals surface area contributed by atoms with Crippen molar-refractivity contribution in [2.75, 3.05) is 18.0 Å². The van der Waals surface area contributed by atoms with Crippen LogP contribution in [0, 0.1) is 5.82 Å². The van der Waals surface area contributed by atoms with E-state index in [4.69, 9.17) is 4.52 Å². The molecule has 5 rings (SSSR count). The Bertz CT molecular complexity index is 1240. The van der Waals surface area contributed by atoms with Gasteiger partial charge in [0.1, 0.15) is 11.6 Å². The first-order valence-corrected chi connectivity index (χ1v) is 9.52. The van der Waals surface area contributed by atoms with Crippen LogP contribution in [0.15, 0.2) is 40.9 Å². The van der Waals surface area contributed by atoms with Gasteiger partial charge < -0.3 is 9.42 Å². The third kappa shape index (κ3) is 3.68. The number of fused-ring (bicyclic) bond motifs is 1. The highest BCUT2D eigenvalue weighted by Gasteiger charge is 2.38. The fraction of sp³-hybridized carbons (Fsp3) is 0.316. The second-order valence-electron chi connectivity index (χ2n) is 7.23. The normalized spacial score (nSPS) is 17.4. The summed E-state index contributed by atoms with van der Waals surface area (Å²) < 4.78 is 59.0. The minimum Gasteiger partial charge on any atom is -0.354 e. The first-order chi connectivity index (χ1) is 14.9. The van der Waals surface area contributed by atoms with Crippen molar-refractivity contribution in [1.82, 2.24) is 30.0 Å². The van der Waals surface area contributed by atoms with Crippen molar-refractivity contribution in [2.24, 2.45) is 0 Å². The molecule has 8 nitrogen and oxygen atoms in total. The maximum atomic E-state index is 13.5. The average Bonchev–Trinajstić information content (AvgIpc) is 3.41. The molecule has 1 aromatic carbocycles. The van der Waals surface area contributed by atoms with Crippen molar-refractivity contribution >= 4 is 11.5 Å². The van der Waals surface area contributed by atoms with Gasteiger partial charge in [-0.1, -0.05) is 17.3 Å². The second kappa shape index (κ2) is 7.29. The monoisotopic (exact) mass is 433 g/mol. The molecule has 160 valence electrons. The average molecular weight is 433 g/mol. The summed E-state index contributed by atoms with van der Waals surface area (Å²) in [5.74, 6) is -0.664. The van der Waals surface area contributed by atoms with Crippen LogP contribution < -0.4 is 4.90 Å². The van der Waals surface area contributed by atoms with Gasteiger partial charge in [-0.15, -0.1) is 15.3 Å². The number of halogens is 4. The molecule has 0 unspecified atom stereocenters. The van der Waals surface area contributed by atoms with E-state index >= 15 is 0 Å². The third-order valence-electron chi connectivity index (χ3n) is 5.12. The lowest BCUT2D eigenvalue weighted by Gasteiger charge is -2.31. The largest absolute Gasteiger partial charge is 0.453 e. The highest BCUT2D eigenvalue weighted by atomic mass is 19.4. The Morgan fingerprint density at radius 3 is 2.77 bits per heavy atom. The van der Waals surface area contributed by atoms with Crippen molar-refractivity contribution in [2.45, 2.75) is 24.9 Å². The predicted molar refractivity (Wildman–Crippen MR) is 99.7 cm³/mol. The van der Waals surface area contributed by atoms with E-state index in [1.807, 2.05) is 4.90 Å². The Hall–Kier alpha value is -3.57. The topological polar surface area (TPSA) is 85.2 Å². The highest BCUT2D eigenvalue weighted by molar-refractivity contribution is 5.54. The number of nitrogens with zero attached hydrogens (tertiary/aromatic N) is 7. The highest BCUT2D eigenvalue weighted by Crippen LogP contribution is 2.31. The molecular weight excluding hydrogens is 418 g/mol. The Morgan fingerprint density at radius 2 is 1.97 bits per heavy atom. The molecule has 0 amide bonds. The van der Waals surface area contributed by atoms with Crippen LogP contribution >= 0.6 is 0 Å². The first kappa shape index (κ1) is 19.4. The molecule has 0 N–H and O–H groups in total. The van der Waals surface area contributed by atoms with Gasteiger partial charge in [-0.2, -0.15) is 22.7 Å². The lowest BCUT2D eigenvalue weighted by molar-refractivity contribution is -0.146. The summed E-state index contributed by atoms with van der Waals surface area (Å²) >= 11 is 0. The number of hydrogen-bond donors (Lipinski definition) is 0. The number of piperidine rings is 1. The maximum absolute atomic E-state index is 13.5. The van der Waals surface area contributed by atoms with Crippen LogP contribution in [0.1, 0.15) is 30.5 Å². The predicted octanol–water partition coefficient (Wildman–Crippen LogP) is 3.72. The van der Waals surface area contributed by atoms with Crippen LogP contribution in [0.5, 0.6) is 0 Å². The molecule has 0 bridgehead atoms. The summed E-state index contributed by atoms with van der Waals surface area (Å²) in [5.41, 5.74) is 0.517. The standard InChI is InChI=1S/C19H15F4N7O/c20-13-5-1-3-11(9-13)16-24-17(31-28-16)12-4-2-8-29(10-12)15-7-6-14-25-26-18(19(21,22)23)30(14)27-15/h1,3,5-7,9,12H,2,4,8,10H2/t12-/m0/s1. The van der Waals surface area contributed by atoms with Crippen LogP contribution in [-0.4, -0.2) is 43.0 Å². The molecular formula is C19H15F4N7O. The van der Waals surface area contributed by atoms with Crippen molar-refractivity contribution in [3.05, 3.63) is 53.9 Å². The van der Waals surface area contributed by atoms with Crippen molar-refractivity contribution < 1.29 is 22.1 Å². The summed E-state index contributed by atoms with van der Waals surface area (Å²) in [5, 5.41) is 14.8. The zero-order chi connectivity index (χ0) is 21.6. The van der Waals surface area contributed by atoms with E-state index in [0.29, 0.717) is 34.9 Å². The summed E-state index contributed by atoms with van der Waals surface area (Å²) in [6, 6.07) is 8.94. The minimum atomic E-state index is -4.66. The molecule has 0 aliphatic carbocycles. The zero-order valence-corrected chi connectivity index (χ0v) is 15.9. The lowest BCUT2D eigenvalue weighted by atomic mass is 9.98. The van der Waals surface area contributed by atoms with Gasteiger partial charge in [0, 0.05) is 18.7 Å². The molecule has 3 aromatic heterocycles. The Morgan fingerprint density at radius 1 is 1.10 bits per heavy atom. The van der Waals surface area contributed by atoms with Gasteiger partial charge in [0.25, 0.3) is 5.82 Å². The number of hydrogen-bond acceptors (Lipinski definition) is 7. The van der Waals surface area contributed by atoms with Crippen LogP contribution in [0.4, 0.5) is 23.4 Å². The molecule has 4 aromatic rings. The number of alkyl halides is 3. The summed E-state index contributed by atoms with van der Waals surface area (Å²) in [6.07, 6.45) is -3.13. The Balaban J connectivity index is 1.40. The maximum Gasteiger partial charge on any atom is 0.453 e. The van der Waals surface area contributed by atoms with Crippen molar-refractivity contribution in [3.63, 3.8) is 0 Å².